The zero-order chi connectivity index (χ0) is 19.3. The molecule has 7 nitrogen and oxygen atoms in total. The second kappa shape index (κ2) is 8.72. The summed E-state index contributed by atoms with van der Waals surface area (Å²) in [6.45, 7) is -0.382. The average molecular weight is 397 g/mol. The molecule has 0 amide bonds. The van der Waals surface area contributed by atoms with E-state index in [0.29, 0.717) is 10.0 Å². The zero-order valence-corrected chi connectivity index (χ0v) is 15.1. The van der Waals surface area contributed by atoms with Crippen LogP contribution in [0.3, 0.4) is 0 Å². The quantitative estimate of drug-likeness (QED) is 0.751. The molecule has 136 valence electrons. The Kier molecular flexibility index (Phi) is 6.64. The third-order valence-electron chi connectivity index (χ3n) is 3.36. The van der Waals surface area contributed by atoms with Crippen molar-refractivity contribution in [1.29, 1.82) is 5.26 Å². The minimum Gasteiger partial charge on any atom is -0.489 e. The van der Waals surface area contributed by atoms with Crippen LogP contribution in [0, 0.1) is 11.3 Å². The number of hydrogen-bond donors (Lipinski definition) is 1. The molecule has 0 bridgehead atoms. The summed E-state index contributed by atoms with van der Waals surface area (Å²) in [6, 6.07) is 7.49. The molecule has 26 heavy (non-hydrogen) atoms. The van der Waals surface area contributed by atoms with Gasteiger partial charge in [0.2, 0.25) is 0 Å². The van der Waals surface area contributed by atoms with Gasteiger partial charge in [0.15, 0.2) is 0 Å². The molecule has 0 radical (unpaired) electrons. The lowest BCUT2D eigenvalue weighted by molar-refractivity contribution is 0.0597. The number of hydrogen-bond acceptors (Lipinski definition) is 6. The summed E-state index contributed by atoms with van der Waals surface area (Å²) in [5.41, 5.74) is -0.853. The molecule has 2 aromatic rings. The number of carbonyl (C=O) groups is 1. The lowest BCUT2D eigenvalue weighted by atomic mass is 10.2. The van der Waals surface area contributed by atoms with Gasteiger partial charge in [0.25, 0.3) is 5.56 Å². The molecule has 1 aromatic carbocycles. The summed E-state index contributed by atoms with van der Waals surface area (Å²) in [7, 11) is 1.18. The topological polar surface area (TPSA) is 102 Å². The van der Waals surface area contributed by atoms with Crippen LogP contribution in [0.2, 0.25) is 10.0 Å². The third-order valence-corrected chi connectivity index (χ3v) is 3.91. The van der Waals surface area contributed by atoms with Crippen LogP contribution in [0.4, 0.5) is 0 Å². The summed E-state index contributed by atoms with van der Waals surface area (Å²) < 4.78 is 11.0. The monoisotopic (exact) mass is 396 g/mol. The van der Waals surface area contributed by atoms with Crippen LogP contribution >= 0.6 is 23.2 Å². The highest BCUT2D eigenvalue weighted by molar-refractivity contribution is 6.34. The van der Waals surface area contributed by atoms with Crippen LogP contribution in [0.15, 0.2) is 35.3 Å². The van der Waals surface area contributed by atoms with E-state index in [9.17, 15) is 14.7 Å². The molecule has 1 N–H and O–H groups in total. The maximum absolute atomic E-state index is 12.2. The Morgan fingerprint density at radius 2 is 2.12 bits per heavy atom. The number of benzene rings is 1. The van der Waals surface area contributed by atoms with Crippen molar-refractivity contribution in [3.05, 3.63) is 62.0 Å². The van der Waals surface area contributed by atoms with E-state index in [-0.39, 0.29) is 30.0 Å². The summed E-state index contributed by atoms with van der Waals surface area (Å²) in [4.78, 5) is 23.8. The number of ether oxygens (including phenoxy) is 2. The van der Waals surface area contributed by atoms with Gasteiger partial charge in [-0.05, 0) is 18.2 Å². The highest BCUT2D eigenvalue weighted by Gasteiger charge is 2.15. The minimum atomic E-state index is -1.11. The molecule has 0 aliphatic rings. The zero-order valence-electron chi connectivity index (χ0n) is 13.6. The lowest BCUT2D eigenvalue weighted by Gasteiger charge is -2.15. The van der Waals surface area contributed by atoms with Crippen LogP contribution in [0.25, 0.3) is 0 Å². The minimum absolute atomic E-state index is 0.0228. The molecule has 2 rings (SSSR count). The van der Waals surface area contributed by atoms with Crippen LogP contribution in [-0.4, -0.2) is 35.5 Å². The number of aliphatic hydroxyl groups excluding tert-OH is 1. The highest BCUT2D eigenvalue weighted by atomic mass is 35.5. The van der Waals surface area contributed by atoms with Crippen LogP contribution in [0.1, 0.15) is 15.9 Å². The summed E-state index contributed by atoms with van der Waals surface area (Å²) in [5, 5.41) is 19.9. The number of esters is 1. The number of nitriles is 1. The first kappa shape index (κ1) is 19.8. The standard InChI is InChI=1S/C17H14Cl2N2O5/c1-25-17(24)11-4-10(6-20)16(23)21(7-11)8-13(22)9-26-15-5-12(18)2-3-14(15)19/h2-5,7,13,22H,8-9H2,1H3/t13-/m0/s1. The molecular weight excluding hydrogens is 383 g/mol. The fourth-order valence-electron chi connectivity index (χ4n) is 2.13. The Labute approximate surface area is 158 Å². The van der Waals surface area contributed by atoms with Gasteiger partial charge in [-0.25, -0.2) is 4.79 Å². The molecular formula is C17H14Cl2N2O5. The third kappa shape index (κ3) is 4.76. The van der Waals surface area contributed by atoms with Crippen molar-refractivity contribution in [2.75, 3.05) is 13.7 Å². The van der Waals surface area contributed by atoms with Gasteiger partial charge in [-0.1, -0.05) is 23.2 Å². The molecule has 1 atom stereocenters. The van der Waals surface area contributed by atoms with E-state index < -0.39 is 17.6 Å². The molecule has 1 heterocycles. The smallest absolute Gasteiger partial charge is 0.339 e. The fourth-order valence-corrected chi connectivity index (χ4v) is 2.47. The van der Waals surface area contributed by atoms with Gasteiger partial charge < -0.3 is 19.1 Å². The fraction of sp³-hybridized carbons (Fsp3) is 0.235. The lowest BCUT2D eigenvalue weighted by Crippen LogP contribution is -2.32. The Morgan fingerprint density at radius 3 is 2.77 bits per heavy atom. The van der Waals surface area contributed by atoms with E-state index in [1.165, 1.54) is 19.4 Å². The van der Waals surface area contributed by atoms with Gasteiger partial charge in [0, 0.05) is 17.3 Å². The number of methoxy groups -OCH3 is 1. The van der Waals surface area contributed by atoms with E-state index in [1.54, 1.807) is 18.2 Å². The molecule has 0 aliphatic heterocycles. The first-order valence-electron chi connectivity index (χ1n) is 7.34. The molecule has 0 spiro atoms. The van der Waals surface area contributed by atoms with Crippen molar-refractivity contribution >= 4 is 29.2 Å². The Bertz CT molecular complexity index is 920. The highest BCUT2D eigenvalue weighted by Crippen LogP contribution is 2.27. The SMILES string of the molecule is COC(=O)c1cc(C#N)c(=O)n(C[C@H](O)COc2cc(Cl)ccc2Cl)c1. The number of rotatable bonds is 6. The molecule has 0 saturated carbocycles. The normalized spacial score (nSPS) is 11.5. The number of aromatic nitrogens is 1. The maximum atomic E-state index is 12.2. The largest absolute Gasteiger partial charge is 0.489 e. The first-order valence-corrected chi connectivity index (χ1v) is 8.10. The number of aliphatic hydroxyl groups is 1. The maximum Gasteiger partial charge on any atom is 0.339 e. The van der Waals surface area contributed by atoms with Gasteiger partial charge in [0.1, 0.15) is 30.1 Å². The number of pyridine rings is 1. The predicted molar refractivity (Wildman–Crippen MR) is 94.7 cm³/mol. The van der Waals surface area contributed by atoms with Gasteiger partial charge in [-0.3, -0.25) is 4.79 Å². The van der Waals surface area contributed by atoms with Gasteiger partial charge in [-0.2, -0.15) is 5.26 Å². The summed E-state index contributed by atoms with van der Waals surface area (Å²) >= 11 is 11.8. The molecule has 0 fully saturated rings. The second-order valence-electron chi connectivity index (χ2n) is 5.24. The van der Waals surface area contributed by atoms with E-state index >= 15 is 0 Å². The van der Waals surface area contributed by atoms with Crippen LogP contribution in [0.5, 0.6) is 5.75 Å². The van der Waals surface area contributed by atoms with E-state index in [1.807, 2.05) is 0 Å². The summed E-state index contributed by atoms with van der Waals surface area (Å²) in [5.74, 6) is -0.418. The first-order chi connectivity index (χ1) is 12.3. The van der Waals surface area contributed by atoms with Crippen molar-refractivity contribution in [2.24, 2.45) is 0 Å². The van der Waals surface area contributed by atoms with Crippen molar-refractivity contribution in [2.45, 2.75) is 12.6 Å². The van der Waals surface area contributed by atoms with Crippen molar-refractivity contribution in [1.82, 2.24) is 4.57 Å². The number of carbonyl (C=O) groups excluding carboxylic acids is 1. The molecule has 0 saturated heterocycles. The van der Waals surface area contributed by atoms with E-state index in [0.717, 1.165) is 10.6 Å². The molecule has 0 aliphatic carbocycles. The Hall–Kier alpha value is -2.53. The Morgan fingerprint density at radius 1 is 1.38 bits per heavy atom. The van der Waals surface area contributed by atoms with Crippen LogP contribution < -0.4 is 10.3 Å². The summed E-state index contributed by atoms with van der Waals surface area (Å²) in [6.07, 6.45) is 0.104. The second-order valence-corrected chi connectivity index (χ2v) is 6.09. The van der Waals surface area contributed by atoms with Crippen molar-refractivity contribution in [3.8, 4) is 11.8 Å². The van der Waals surface area contributed by atoms with Crippen LogP contribution in [-0.2, 0) is 11.3 Å². The van der Waals surface area contributed by atoms with E-state index in [2.05, 4.69) is 4.74 Å². The molecule has 1 aromatic heterocycles. The predicted octanol–water partition coefficient (Wildman–Crippen LogP) is 2.25. The van der Waals surface area contributed by atoms with Crippen molar-refractivity contribution < 1.29 is 19.4 Å². The number of nitrogens with zero attached hydrogens (tertiary/aromatic N) is 2. The van der Waals surface area contributed by atoms with Crippen molar-refractivity contribution in [3.63, 3.8) is 0 Å². The number of halogens is 2. The Balaban J connectivity index is 2.16. The van der Waals surface area contributed by atoms with E-state index in [4.69, 9.17) is 33.2 Å². The van der Waals surface area contributed by atoms with Gasteiger partial charge >= 0.3 is 5.97 Å². The molecule has 0 unspecified atom stereocenters. The average Bonchev–Trinajstić information content (AvgIpc) is 2.63. The van der Waals surface area contributed by atoms with Gasteiger partial charge in [0.05, 0.1) is 24.2 Å². The molecule has 9 heteroatoms. The van der Waals surface area contributed by atoms with Gasteiger partial charge in [-0.15, -0.1) is 0 Å².